The van der Waals surface area contributed by atoms with E-state index in [1.807, 2.05) is 24.3 Å². The van der Waals surface area contributed by atoms with E-state index in [4.69, 9.17) is 11.8 Å². The molecule has 0 spiro atoms. The molecule has 301 valence electrons. The fraction of sp³-hybridized carbons (Fsp3) is 0.200. The molecule has 3 heterocycles. The molecule has 10 aromatic rings. The van der Waals surface area contributed by atoms with Gasteiger partial charge in [-0.25, -0.2) is 0 Å². The standard InChI is InChI=1S/C30H24NS.C25H25N2.Ir/c1-18(2)13-22-14-28(31-17-19(22)3)25-10-6-9-24-27-16-26-21(15-29(27)32-30(24)25)12-11-20-7-4-5-8-23(20)26;1-17(2)20-13-10-14-21(18(3)4)24(20)27-23-16-9-8-15-22(23)26-25(27)19-11-6-5-7-12-19;/h4-9,11-12,14-18H,13H2,1-3H3;5-11,13-18H,1-4H3;/q2*-1;/i3D3,13D2;;. The number of hydrogen-bond acceptors (Lipinski definition) is 3. The third kappa shape index (κ3) is 7.71. The molecule has 0 amide bonds. The van der Waals surface area contributed by atoms with E-state index in [2.05, 4.69) is 153 Å². The van der Waals surface area contributed by atoms with E-state index < -0.39 is 19.1 Å². The summed E-state index contributed by atoms with van der Waals surface area (Å²) in [6.07, 6.45) is -0.507. The van der Waals surface area contributed by atoms with Crippen LogP contribution in [0.25, 0.3) is 81.1 Å². The van der Waals surface area contributed by atoms with Crippen molar-refractivity contribution in [1.29, 1.82) is 0 Å². The number of nitrogens with zero attached hydrogens (tertiary/aromatic N) is 3. The van der Waals surface area contributed by atoms with Crippen LogP contribution >= 0.6 is 11.3 Å². The van der Waals surface area contributed by atoms with Crippen LogP contribution in [0, 0.1) is 24.9 Å². The maximum absolute atomic E-state index is 8.68. The van der Waals surface area contributed by atoms with Crippen molar-refractivity contribution in [2.24, 2.45) is 5.92 Å². The minimum Gasteiger partial charge on any atom is -0.333 e. The normalized spacial score (nSPS) is 13.3. The van der Waals surface area contributed by atoms with Crippen molar-refractivity contribution in [2.45, 2.75) is 66.6 Å². The fourth-order valence-corrected chi connectivity index (χ4v) is 9.43. The topological polar surface area (TPSA) is 30.7 Å². The van der Waals surface area contributed by atoms with Gasteiger partial charge in [-0.1, -0.05) is 125 Å². The summed E-state index contributed by atoms with van der Waals surface area (Å²) in [5, 5.41) is 7.03. The summed E-state index contributed by atoms with van der Waals surface area (Å²) in [6, 6.07) is 52.5. The monoisotopic (exact) mass is 981 g/mol. The predicted octanol–water partition coefficient (Wildman–Crippen LogP) is 15.5. The first-order valence-electron chi connectivity index (χ1n) is 22.9. The largest absolute Gasteiger partial charge is 0.333 e. The number of rotatable bonds is 7. The van der Waals surface area contributed by atoms with Crippen molar-refractivity contribution in [3.05, 3.63) is 174 Å². The fourth-order valence-electron chi connectivity index (χ4n) is 8.19. The Hall–Kier alpha value is -5.45. The first-order valence-corrected chi connectivity index (χ1v) is 21.2. The van der Waals surface area contributed by atoms with E-state index in [9.17, 15) is 0 Å². The first-order chi connectivity index (χ1) is 30.6. The van der Waals surface area contributed by atoms with E-state index in [0.29, 0.717) is 17.5 Å². The Morgan fingerprint density at radius 2 is 1.45 bits per heavy atom. The van der Waals surface area contributed by atoms with Crippen LogP contribution in [0.3, 0.4) is 0 Å². The zero-order chi connectivity index (χ0) is 45.1. The van der Waals surface area contributed by atoms with E-state index >= 15 is 0 Å². The van der Waals surface area contributed by atoms with Crippen LogP contribution in [-0.4, -0.2) is 14.5 Å². The minimum absolute atomic E-state index is 0. The van der Waals surface area contributed by atoms with Crippen LogP contribution in [-0.2, 0) is 26.5 Å². The zero-order valence-electron chi connectivity index (χ0n) is 39.6. The molecule has 0 bridgehead atoms. The third-order valence-corrected chi connectivity index (χ3v) is 12.2. The Bertz CT molecular complexity index is 3320. The average molecular weight is 981 g/mol. The van der Waals surface area contributed by atoms with Gasteiger partial charge in [0.05, 0.1) is 16.9 Å². The van der Waals surface area contributed by atoms with Crippen molar-refractivity contribution in [1.82, 2.24) is 14.5 Å². The quantitative estimate of drug-likeness (QED) is 0.118. The van der Waals surface area contributed by atoms with Crippen LogP contribution in [0.4, 0.5) is 0 Å². The first kappa shape index (κ1) is 35.3. The number of imidazole rings is 1. The van der Waals surface area contributed by atoms with Gasteiger partial charge in [-0.2, -0.15) is 11.3 Å². The molecule has 0 atom stereocenters. The summed E-state index contributed by atoms with van der Waals surface area (Å²) in [5.74, 6) is 1.39. The average Bonchev–Trinajstić information content (AvgIpc) is 3.86. The van der Waals surface area contributed by atoms with Gasteiger partial charge in [0.15, 0.2) is 0 Å². The molecule has 0 aliphatic rings. The Kier molecular flexibility index (Phi) is 10.2. The molecule has 10 rings (SSSR count). The van der Waals surface area contributed by atoms with Gasteiger partial charge >= 0.3 is 0 Å². The van der Waals surface area contributed by atoms with Crippen molar-refractivity contribution in [2.75, 3.05) is 0 Å². The summed E-state index contributed by atoms with van der Waals surface area (Å²) in [5.41, 5.74) is 8.53. The second-order valence-electron chi connectivity index (χ2n) is 16.1. The Morgan fingerprint density at radius 1 is 0.700 bits per heavy atom. The van der Waals surface area contributed by atoms with E-state index in [-0.39, 0.29) is 31.2 Å². The predicted molar refractivity (Wildman–Crippen MR) is 253 cm³/mol. The molecule has 1 radical (unpaired) electrons. The number of benzene rings is 7. The second kappa shape index (κ2) is 17.3. The summed E-state index contributed by atoms with van der Waals surface area (Å²) < 4.78 is 45.7. The molecule has 0 aliphatic heterocycles. The molecule has 7 aromatic carbocycles. The number of pyridine rings is 1. The van der Waals surface area contributed by atoms with Crippen molar-refractivity contribution in [3.63, 3.8) is 0 Å². The van der Waals surface area contributed by atoms with Gasteiger partial charge in [0.2, 0.25) is 0 Å². The maximum Gasteiger partial charge on any atom is 0.0774 e. The van der Waals surface area contributed by atoms with Crippen molar-refractivity contribution >= 4 is 64.1 Å². The molecule has 5 heteroatoms. The molecule has 0 aliphatic carbocycles. The molecule has 0 saturated carbocycles. The molecule has 3 nitrogen and oxygen atoms in total. The molecule has 0 N–H and O–H groups in total. The summed E-state index contributed by atoms with van der Waals surface area (Å²) in [4.78, 5) is 9.51. The van der Waals surface area contributed by atoms with E-state index in [0.717, 1.165) is 48.2 Å². The van der Waals surface area contributed by atoms with Crippen LogP contribution in [0.5, 0.6) is 0 Å². The molecule has 60 heavy (non-hydrogen) atoms. The van der Waals surface area contributed by atoms with Gasteiger partial charge in [-0.3, -0.25) is 4.98 Å². The molecule has 0 saturated heterocycles. The molecule has 0 unspecified atom stereocenters. The van der Waals surface area contributed by atoms with Crippen molar-refractivity contribution in [3.8, 4) is 28.3 Å². The number of para-hydroxylation sites is 3. The van der Waals surface area contributed by atoms with Crippen LogP contribution < -0.4 is 0 Å². The second-order valence-corrected chi connectivity index (χ2v) is 17.2. The van der Waals surface area contributed by atoms with Crippen LogP contribution in [0.2, 0.25) is 0 Å². The van der Waals surface area contributed by atoms with Gasteiger partial charge in [0, 0.05) is 43.5 Å². The number of aryl methyl sites for hydroxylation is 1. The summed E-state index contributed by atoms with van der Waals surface area (Å²) >= 11 is 1.66. The summed E-state index contributed by atoms with van der Waals surface area (Å²) in [7, 11) is 0. The molecule has 0 fully saturated rings. The number of fused-ring (bicyclic) bond motifs is 7. The van der Waals surface area contributed by atoms with E-state index in [1.54, 1.807) is 31.3 Å². The number of thiophene rings is 1. The van der Waals surface area contributed by atoms with Gasteiger partial charge in [-0.05, 0) is 109 Å². The molecular formula is C55H49IrN3S-2. The van der Waals surface area contributed by atoms with Gasteiger partial charge < -0.3 is 9.55 Å². The smallest absolute Gasteiger partial charge is 0.0774 e. The Labute approximate surface area is 378 Å². The Morgan fingerprint density at radius 3 is 2.20 bits per heavy atom. The van der Waals surface area contributed by atoms with Gasteiger partial charge in [-0.15, -0.1) is 59.7 Å². The van der Waals surface area contributed by atoms with E-state index in [1.165, 1.54) is 44.6 Å². The molecular weight excluding hydrogens is 927 g/mol. The number of aromatic nitrogens is 3. The van der Waals surface area contributed by atoms with Gasteiger partial charge in [0.1, 0.15) is 0 Å². The van der Waals surface area contributed by atoms with Crippen LogP contribution in [0.1, 0.15) is 82.5 Å². The number of hydrogen-bond donors (Lipinski definition) is 0. The SMILES string of the molecule is CC(C)c1cccc(C(C)C)c1-n1c(-c2[c-]cccc2)nc2ccccc21.[2H]C([2H])([2H])c1cnc(-c2[c-]ccc3c2sc2cc4ccc5ccccc5c4cc23)cc1C([2H])([2H])C(C)C.[Ir]. The Balaban J connectivity index is 0.000000183. The van der Waals surface area contributed by atoms with Gasteiger partial charge in [0.25, 0.3) is 0 Å². The summed E-state index contributed by atoms with van der Waals surface area (Å²) in [6.45, 7) is 10.1. The molecule has 3 aromatic heterocycles. The third-order valence-electron chi connectivity index (χ3n) is 11.0. The maximum atomic E-state index is 8.68. The van der Waals surface area contributed by atoms with Crippen LogP contribution in [0.15, 0.2) is 140 Å². The zero-order valence-corrected chi connectivity index (χ0v) is 37.8. The van der Waals surface area contributed by atoms with Crippen molar-refractivity contribution < 1.29 is 27.0 Å². The minimum atomic E-state index is -2.46.